The van der Waals surface area contributed by atoms with Gasteiger partial charge in [-0.1, -0.05) is 172 Å². The minimum absolute atomic E-state index is 0.0549. The molecule has 11 nitrogen and oxygen atoms in total. The van der Waals surface area contributed by atoms with Crippen LogP contribution in [0.1, 0.15) is 206 Å². The van der Waals surface area contributed by atoms with Gasteiger partial charge in [0.2, 0.25) is 0 Å². The Hall–Kier alpha value is -2.30. The largest absolute Gasteiger partial charge is 0.480 e. The van der Waals surface area contributed by atoms with Crippen LogP contribution < -0.4 is 5.73 Å². The molecule has 0 amide bonds. The third-order valence-corrected chi connectivity index (χ3v) is 10.8. The maximum absolute atomic E-state index is 12.6. The molecule has 0 rings (SSSR count). The van der Waals surface area contributed by atoms with E-state index in [1.165, 1.54) is 128 Å². The number of carbonyl (C=O) groups is 3. The van der Waals surface area contributed by atoms with E-state index < -0.39 is 51.1 Å². The van der Waals surface area contributed by atoms with Crippen LogP contribution >= 0.6 is 7.82 Å². The third-order valence-electron chi connectivity index (χ3n) is 9.87. The summed E-state index contributed by atoms with van der Waals surface area (Å²) < 4.78 is 32.6. The molecule has 0 aliphatic rings. The minimum atomic E-state index is -4.73. The molecule has 0 aliphatic heterocycles. The molecular weight excluding hydrogens is 757 g/mol. The lowest BCUT2D eigenvalue weighted by atomic mass is 10.1. The van der Waals surface area contributed by atoms with Crippen LogP contribution in [0.4, 0.5) is 0 Å². The molecule has 0 aromatic carbocycles. The highest BCUT2D eigenvalue weighted by molar-refractivity contribution is 7.47. The Balaban J connectivity index is 4.32. The van der Waals surface area contributed by atoms with Crippen molar-refractivity contribution in [2.75, 3.05) is 19.8 Å². The summed E-state index contributed by atoms with van der Waals surface area (Å²) in [5, 5.41) is 8.89. The van der Waals surface area contributed by atoms with Gasteiger partial charge in [0, 0.05) is 12.8 Å². The second-order valence-electron chi connectivity index (χ2n) is 15.5. The smallest absolute Gasteiger partial charge is 0.472 e. The maximum atomic E-state index is 12.6. The van der Waals surface area contributed by atoms with Crippen LogP contribution in [0.15, 0.2) is 36.5 Å². The van der Waals surface area contributed by atoms with Gasteiger partial charge < -0.3 is 25.2 Å². The summed E-state index contributed by atoms with van der Waals surface area (Å²) >= 11 is 0. The fourth-order valence-electron chi connectivity index (χ4n) is 6.23. The van der Waals surface area contributed by atoms with Crippen molar-refractivity contribution in [2.45, 2.75) is 219 Å². The standard InChI is InChI=1S/C46H84NO10P/c1-3-5-7-9-11-13-15-17-18-19-20-21-22-23-24-26-27-29-31-33-35-37-44(48)54-39-42(40-55-58(52,53)56-41-43(47)46(50)51)57-45(49)38-36-34-32-30-28-25-16-14-12-10-8-6-4-2/h21-22,25,28,32,34,42-43H,3-20,23-24,26-27,29-31,33,35-41,47H2,1-2H3,(H,50,51)(H,52,53)/b22-21+,28-25+,34-32+/t42?,43-/m0/s1. The quantitative estimate of drug-likeness (QED) is 0.0231. The summed E-state index contributed by atoms with van der Waals surface area (Å²) in [6, 6.07) is -1.53. The Kier molecular flexibility index (Phi) is 39.8. The lowest BCUT2D eigenvalue weighted by molar-refractivity contribution is -0.161. The van der Waals surface area contributed by atoms with Crippen LogP contribution in [-0.2, 0) is 37.5 Å². The molecule has 0 aromatic rings. The van der Waals surface area contributed by atoms with Crippen LogP contribution in [0, 0.1) is 0 Å². The Morgan fingerprint density at radius 1 is 0.534 bits per heavy atom. The SMILES string of the molecule is CCCCCCCC/C=C/C/C=C/CCC(=O)OC(COC(=O)CCCCCCCCC/C=C/CCCCCCCCCCCC)COP(=O)(O)OC[C@H](N)C(=O)O. The molecule has 0 saturated carbocycles. The second kappa shape index (κ2) is 41.4. The molecule has 0 aromatic heterocycles. The molecule has 0 heterocycles. The first-order valence-electron chi connectivity index (χ1n) is 23.0. The molecule has 338 valence electrons. The highest BCUT2D eigenvalue weighted by atomic mass is 31.2. The topological polar surface area (TPSA) is 172 Å². The molecule has 0 spiro atoms. The number of phosphoric ester groups is 1. The van der Waals surface area contributed by atoms with Crippen molar-refractivity contribution < 1.29 is 47.5 Å². The molecule has 12 heteroatoms. The van der Waals surface area contributed by atoms with Gasteiger partial charge in [0.15, 0.2) is 6.10 Å². The molecule has 0 saturated heterocycles. The number of esters is 2. The number of phosphoric acid groups is 1. The first kappa shape index (κ1) is 55.7. The number of ether oxygens (including phenoxy) is 2. The van der Waals surface area contributed by atoms with Crippen molar-refractivity contribution in [3.63, 3.8) is 0 Å². The predicted octanol–water partition coefficient (Wildman–Crippen LogP) is 12.4. The van der Waals surface area contributed by atoms with Crippen LogP contribution in [0.2, 0.25) is 0 Å². The molecule has 0 aliphatic carbocycles. The number of rotatable bonds is 43. The van der Waals surface area contributed by atoms with Gasteiger partial charge in [-0.05, 0) is 57.8 Å². The zero-order valence-electron chi connectivity index (χ0n) is 36.6. The average molecular weight is 842 g/mol. The first-order valence-corrected chi connectivity index (χ1v) is 24.5. The van der Waals surface area contributed by atoms with E-state index in [9.17, 15) is 23.8 Å². The molecular formula is C46H84NO10P. The number of nitrogens with two attached hydrogens (primary N) is 1. The number of unbranched alkanes of at least 4 members (excludes halogenated alkanes) is 23. The zero-order valence-corrected chi connectivity index (χ0v) is 37.5. The number of aliphatic carboxylic acids is 1. The molecule has 0 fully saturated rings. The van der Waals surface area contributed by atoms with Gasteiger partial charge in [-0.3, -0.25) is 23.4 Å². The van der Waals surface area contributed by atoms with Crippen molar-refractivity contribution >= 4 is 25.7 Å². The zero-order chi connectivity index (χ0) is 42.8. The van der Waals surface area contributed by atoms with Crippen molar-refractivity contribution in [2.24, 2.45) is 5.73 Å². The minimum Gasteiger partial charge on any atom is -0.480 e. The summed E-state index contributed by atoms with van der Waals surface area (Å²) in [6.45, 7) is 2.74. The van der Waals surface area contributed by atoms with Crippen LogP contribution in [0.3, 0.4) is 0 Å². The normalized spacial score (nSPS) is 14.0. The van der Waals surface area contributed by atoms with Gasteiger partial charge in [0.1, 0.15) is 12.6 Å². The number of carbonyl (C=O) groups excluding carboxylic acids is 2. The van der Waals surface area contributed by atoms with E-state index in [1.54, 1.807) is 0 Å². The van der Waals surface area contributed by atoms with E-state index in [0.717, 1.165) is 38.5 Å². The van der Waals surface area contributed by atoms with E-state index in [2.05, 4.69) is 42.7 Å². The molecule has 0 radical (unpaired) electrons. The van der Waals surface area contributed by atoms with E-state index in [0.29, 0.717) is 12.8 Å². The van der Waals surface area contributed by atoms with Gasteiger partial charge >= 0.3 is 25.7 Å². The number of carboxylic acid groups (broad SMARTS) is 1. The number of carboxylic acids is 1. The Labute approximate surface area is 353 Å². The Morgan fingerprint density at radius 3 is 1.43 bits per heavy atom. The summed E-state index contributed by atoms with van der Waals surface area (Å²) in [6.07, 6.45) is 45.2. The molecule has 4 N–H and O–H groups in total. The molecule has 58 heavy (non-hydrogen) atoms. The van der Waals surface area contributed by atoms with Gasteiger partial charge in [-0.25, -0.2) is 4.57 Å². The fraction of sp³-hybridized carbons (Fsp3) is 0.804. The monoisotopic (exact) mass is 842 g/mol. The van der Waals surface area contributed by atoms with Crippen molar-refractivity contribution in [1.82, 2.24) is 0 Å². The number of hydrogen-bond donors (Lipinski definition) is 3. The van der Waals surface area contributed by atoms with Gasteiger partial charge in [0.25, 0.3) is 0 Å². The molecule has 0 bridgehead atoms. The number of allylic oxidation sites excluding steroid dienone is 6. The van der Waals surface area contributed by atoms with Gasteiger partial charge in [-0.15, -0.1) is 0 Å². The fourth-order valence-corrected chi connectivity index (χ4v) is 7.01. The van der Waals surface area contributed by atoms with E-state index >= 15 is 0 Å². The Morgan fingerprint density at radius 2 is 0.948 bits per heavy atom. The van der Waals surface area contributed by atoms with E-state index in [4.69, 9.17) is 24.8 Å². The summed E-state index contributed by atoms with van der Waals surface area (Å²) in [5.41, 5.74) is 5.33. The lowest BCUT2D eigenvalue weighted by Gasteiger charge is -2.20. The molecule has 2 unspecified atom stereocenters. The van der Waals surface area contributed by atoms with Crippen molar-refractivity contribution in [1.29, 1.82) is 0 Å². The van der Waals surface area contributed by atoms with Gasteiger partial charge in [-0.2, -0.15) is 0 Å². The summed E-state index contributed by atoms with van der Waals surface area (Å²) in [7, 11) is -4.73. The van der Waals surface area contributed by atoms with Gasteiger partial charge in [0.05, 0.1) is 13.2 Å². The number of hydrogen-bond acceptors (Lipinski definition) is 9. The van der Waals surface area contributed by atoms with Crippen molar-refractivity contribution in [3.8, 4) is 0 Å². The lowest BCUT2D eigenvalue weighted by Crippen LogP contribution is -2.34. The summed E-state index contributed by atoms with van der Waals surface area (Å²) in [4.78, 5) is 45.9. The average Bonchev–Trinajstić information content (AvgIpc) is 3.20. The first-order chi connectivity index (χ1) is 28.1. The highest BCUT2D eigenvalue weighted by Gasteiger charge is 2.28. The van der Waals surface area contributed by atoms with E-state index in [1.807, 2.05) is 12.2 Å². The Bertz CT molecular complexity index is 1130. The van der Waals surface area contributed by atoms with Crippen LogP contribution in [-0.4, -0.2) is 59.9 Å². The van der Waals surface area contributed by atoms with Crippen LogP contribution in [0.5, 0.6) is 0 Å². The predicted molar refractivity (Wildman–Crippen MR) is 235 cm³/mol. The van der Waals surface area contributed by atoms with Crippen LogP contribution in [0.25, 0.3) is 0 Å². The maximum Gasteiger partial charge on any atom is 0.472 e. The van der Waals surface area contributed by atoms with E-state index in [-0.39, 0.29) is 19.4 Å². The van der Waals surface area contributed by atoms with Crippen molar-refractivity contribution in [3.05, 3.63) is 36.5 Å². The third kappa shape index (κ3) is 40.5. The highest BCUT2D eigenvalue weighted by Crippen LogP contribution is 2.43. The molecule has 3 atom stereocenters. The second-order valence-corrected chi connectivity index (χ2v) is 17.0. The summed E-state index contributed by atoms with van der Waals surface area (Å²) in [5.74, 6) is -2.46.